The molecule has 0 saturated carbocycles. The molecule has 0 heterocycles. The van der Waals surface area contributed by atoms with Crippen LogP contribution in [0.4, 0.5) is 0 Å². The molecule has 8 heteroatoms. The van der Waals surface area contributed by atoms with Crippen LogP contribution in [0.3, 0.4) is 0 Å². The van der Waals surface area contributed by atoms with Gasteiger partial charge in [-0.25, -0.2) is 4.79 Å². The third-order valence-electron chi connectivity index (χ3n) is 5.26. The minimum atomic E-state index is -0.616. The maximum Gasteiger partial charge on any atom is 0.333 e. The number of hydrogen-bond donors (Lipinski definition) is 0. The van der Waals surface area contributed by atoms with Gasteiger partial charge in [0.15, 0.2) is 0 Å². The highest BCUT2D eigenvalue weighted by Gasteiger charge is 2.30. The van der Waals surface area contributed by atoms with Crippen LogP contribution in [0.25, 0.3) is 0 Å². The Balaban J connectivity index is 2.16. The molecule has 0 aliphatic heterocycles. The summed E-state index contributed by atoms with van der Waals surface area (Å²) in [5.74, 6) is -0.981. The van der Waals surface area contributed by atoms with Crippen molar-refractivity contribution in [3.05, 3.63) is 71.8 Å². The SMILES string of the molecule is C=C(C)C(=O)OCCOC(=O)CCC(C)(c1ccc(OC(C)=O)cc1)c1ccc(OC(C)=O)cc1. The Hall–Kier alpha value is -3.94. The second-order valence-electron chi connectivity index (χ2n) is 8.20. The lowest BCUT2D eigenvalue weighted by atomic mass is 9.73. The van der Waals surface area contributed by atoms with Crippen LogP contribution in [0.1, 0.15) is 51.7 Å². The van der Waals surface area contributed by atoms with Crippen molar-refractivity contribution in [1.82, 2.24) is 0 Å². The molecular formula is C27H30O8. The van der Waals surface area contributed by atoms with Crippen molar-refractivity contribution in [3.63, 3.8) is 0 Å². The van der Waals surface area contributed by atoms with Crippen molar-refractivity contribution >= 4 is 23.9 Å². The molecule has 0 spiro atoms. The van der Waals surface area contributed by atoms with Gasteiger partial charge in [-0.2, -0.15) is 0 Å². The fourth-order valence-corrected chi connectivity index (χ4v) is 3.41. The summed E-state index contributed by atoms with van der Waals surface area (Å²) in [6.45, 7) is 9.56. The molecule has 2 aromatic carbocycles. The van der Waals surface area contributed by atoms with Gasteiger partial charge in [-0.15, -0.1) is 0 Å². The molecule has 0 bridgehead atoms. The highest BCUT2D eigenvalue weighted by molar-refractivity contribution is 5.86. The van der Waals surface area contributed by atoms with Gasteiger partial charge in [-0.3, -0.25) is 14.4 Å². The first-order valence-electron chi connectivity index (χ1n) is 11.1. The largest absolute Gasteiger partial charge is 0.462 e. The summed E-state index contributed by atoms with van der Waals surface area (Å²) in [6.07, 6.45) is 0.500. The topological polar surface area (TPSA) is 105 Å². The molecule has 0 atom stereocenters. The van der Waals surface area contributed by atoms with E-state index < -0.39 is 29.3 Å². The maximum absolute atomic E-state index is 12.4. The number of carbonyl (C=O) groups is 4. The Morgan fingerprint density at radius 1 is 0.743 bits per heavy atom. The van der Waals surface area contributed by atoms with Crippen LogP contribution in [0.2, 0.25) is 0 Å². The number of carbonyl (C=O) groups excluding carboxylic acids is 4. The Labute approximate surface area is 204 Å². The average Bonchev–Trinajstić information content (AvgIpc) is 2.80. The van der Waals surface area contributed by atoms with Crippen molar-refractivity contribution in [2.75, 3.05) is 13.2 Å². The van der Waals surface area contributed by atoms with E-state index >= 15 is 0 Å². The minimum Gasteiger partial charge on any atom is -0.462 e. The molecule has 0 aromatic heterocycles. The highest BCUT2D eigenvalue weighted by atomic mass is 16.6. The van der Waals surface area contributed by atoms with Gasteiger partial charge in [-0.1, -0.05) is 37.8 Å². The number of benzene rings is 2. The van der Waals surface area contributed by atoms with Crippen LogP contribution in [0.15, 0.2) is 60.7 Å². The second kappa shape index (κ2) is 12.5. The molecule has 0 radical (unpaired) electrons. The third kappa shape index (κ3) is 8.41. The van der Waals surface area contributed by atoms with Crippen LogP contribution in [-0.4, -0.2) is 37.1 Å². The minimum absolute atomic E-state index is 0.0517. The zero-order valence-electron chi connectivity index (χ0n) is 20.4. The predicted octanol–water partition coefficient (Wildman–Crippen LogP) is 4.29. The van der Waals surface area contributed by atoms with E-state index in [1.54, 1.807) is 24.3 Å². The quantitative estimate of drug-likeness (QED) is 0.202. The van der Waals surface area contributed by atoms with Gasteiger partial charge in [0, 0.05) is 31.3 Å². The molecule has 2 rings (SSSR count). The van der Waals surface area contributed by atoms with Gasteiger partial charge in [0.25, 0.3) is 0 Å². The fourth-order valence-electron chi connectivity index (χ4n) is 3.41. The fraction of sp³-hybridized carbons (Fsp3) is 0.333. The van der Waals surface area contributed by atoms with E-state index in [2.05, 4.69) is 6.58 Å². The monoisotopic (exact) mass is 482 g/mol. The van der Waals surface area contributed by atoms with Gasteiger partial charge >= 0.3 is 23.9 Å². The normalized spacial score (nSPS) is 10.7. The molecule has 0 N–H and O–H groups in total. The summed E-state index contributed by atoms with van der Waals surface area (Å²) in [5.41, 5.74) is 1.43. The van der Waals surface area contributed by atoms with Gasteiger partial charge in [0.1, 0.15) is 24.7 Å². The number of hydrogen-bond acceptors (Lipinski definition) is 8. The predicted molar refractivity (Wildman–Crippen MR) is 128 cm³/mol. The van der Waals surface area contributed by atoms with Crippen molar-refractivity contribution in [3.8, 4) is 11.5 Å². The van der Waals surface area contributed by atoms with Crippen molar-refractivity contribution < 1.29 is 38.1 Å². The van der Waals surface area contributed by atoms with Gasteiger partial charge in [-0.05, 0) is 48.7 Å². The van der Waals surface area contributed by atoms with Gasteiger partial charge in [0.2, 0.25) is 0 Å². The lowest BCUT2D eigenvalue weighted by Gasteiger charge is -2.31. The summed E-state index contributed by atoms with van der Waals surface area (Å²) in [6, 6.07) is 14.1. The molecule has 0 amide bonds. The number of esters is 4. The molecule has 0 unspecified atom stereocenters. The first-order valence-corrected chi connectivity index (χ1v) is 11.1. The number of rotatable bonds is 11. The van der Waals surface area contributed by atoms with E-state index in [0.29, 0.717) is 17.9 Å². The van der Waals surface area contributed by atoms with E-state index in [-0.39, 0.29) is 25.2 Å². The Kier molecular flexibility index (Phi) is 9.75. The lowest BCUT2D eigenvalue weighted by molar-refractivity contribution is -0.150. The first-order chi connectivity index (χ1) is 16.5. The van der Waals surface area contributed by atoms with Crippen LogP contribution in [-0.2, 0) is 34.1 Å². The molecule has 0 aliphatic rings. The molecule has 2 aromatic rings. The van der Waals surface area contributed by atoms with E-state index in [4.69, 9.17) is 18.9 Å². The molecule has 8 nitrogen and oxygen atoms in total. The molecule has 35 heavy (non-hydrogen) atoms. The summed E-state index contributed by atoms with van der Waals surface area (Å²) in [7, 11) is 0. The standard InChI is InChI=1S/C27H30O8/c1-18(2)26(31)33-17-16-32-25(30)14-15-27(5,21-6-10-23(11-7-21)34-19(3)28)22-8-12-24(13-9-22)35-20(4)29/h6-13H,1,14-17H2,2-5H3. The molecule has 0 fully saturated rings. The third-order valence-corrected chi connectivity index (χ3v) is 5.26. The van der Waals surface area contributed by atoms with Crippen LogP contribution in [0.5, 0.6) is 11.5 Å². The Morgan fingerprint density at radius 2 is 1.17 bits per heavy atom. The van der Waals surface area contributed by atoms with E-state index in [1.165, 1.54) is 20.8 Å². The van der Waals surface area contributed by atoms with Crippen molar-refractivity contribution in [1.29, 1.82) is 0 Å². The number of ether oxygens (including phenoxy) is 4. The molecule has 0 saturated heterocycles. The highest BCUT2D eigenvalue weighted by Crippen LogP contribution is 2.38. The second-order valence-corrected chi connectivity index (χ2v) is 8.20. The van der Waals surface area contributed by atoms with Crippen molar-refractivity contribution in [2.45, 2.75) is 46.0 Å². The van der Waals surface area contributed by atoms with Crippen LogP contribution >= 0.6 is 0 Å². The van der Waals surface area contributed by atoms with Crippen LogP contribution < -0.4 is 9.47 Å². The Bertz CT molecular complexity index is 1010. The zero-order valence-corrected chi connectivity index (χ0v) is 20.4. The summed E-state index contributed by atoms with van der Waals surface area (Å²) < 4.78 is 20.4. The molecular weight excluding hydrogens is 452 g/mol. The van der Waals surface area contributed by atoms with E-state index in [1.807, 2.05) is 31.2 Å². The summed E-state index contributed by atoms with van der Waals surface area (Å²) >= 11 is 0. The average molecular weight is 483 g/mol. The first kappa shape index (κ1) is 27.3. The van der Waals surface area contributed by atoms with Gasteiger partial charge in [0.05, 0.1) is 0 Å². The smallest absolute Gasteiger partial charge is 0.333 e. The summed E-state index contributed by atoms with van der Waals surface area (Å²) in [4.78, 5) is 46.3. The molecule has 0 aliphatic carbocycles. The summed E-state index contributed by atoms with van der Waals surface area (Å²) in [5, 5.41) is 0. The molecule has 186 valence electrons. The van der Waals surface area contributed by atoms with Crippen molar-refractivity contribution in [2.24, 2.45) is 0 Å². The van der Waals surface area contributed by atoms with E-state index in [0.717, 1.165) is 11.1 Å². The Morgan fingerprint density at radius 3 is 1.57 bits per heavy atom. The zero-order chi connectivity index (χ0) is 26.0. The van der Waals surface area contributed by atoms with Gasteiger partial charge < -0.3 is 18.9 Å². The maximum atomic E-state index is 12.4. The van der Waals surface area contributed by atoms with E-state index in [9.17, 15) is 19.2 Å². The lowest BCUT2D eigenvalue weighted by Crippen LogP contribution is -2.25. The van der Waals surface area contributed by atoms with Crippen LogP contribution in [0, 0.1) is 0 Å².